The van der Waals surface area contributed by atoms with Crippen LogP contribution in [0.25, 0.3) is 0 Å². The molecule has 4 aliphatic rings. The van der Waals surface area contributed by atoms with E-state index >= 15 is 0 Å². The first-order chi connectivity index (χ1) is 21.9. The minimum Gasteiger partial charge on any atom is -0.493 e. The van der Waals surface area contributed by atoms with Crippen LogP contribution in [0.1, 0.15) is 66.7 Å². The third kappa shape index (κ3) is 6.06. The lowest BCUT2D eigenvalue weighted by Crippen LogP contribution is -2.35. The first kappa shape index (κ1) is 30.4. The molecule has 2 aromatic rings. The molecule has 2 saturated heterocycles. The number of allylic oxidation sites excluding steroid dienone is 2. The molecule has 0 saturated carbocycles. The average Bonchev–Trinajstić information content (AvgIpc) is 3.63. The lowest BCUT2D eigenvalue weighted by molar-refractivity contribution is 0.0769. The zero-order valence-corrected chi connectivity index (χ0v) is 26.4. The molecule has 10 nitrogen and oxygen atoms in total. The molecule has 6 rings (SSSR count). The predicted molar refractivity (Wildman–Crippen MR) is 174 cm³/mol. The van der Waals surface area contributed by atoms with E-state index in [1.54, 1.807) is 38.5 Å². The topological polar surface area (TPSA) is 102 Å². The number of hydrogen-bond donors (Lipinski definition) is 0. The molecule has 0 aromatic heterocycles. The van der Waals surface area contributed by atoms with Crippen LogP contribution in [0.3, 0.4) is 0 Å². The lowest BCUT2D eigenvalue weighted by atomic mass is 10.1. The van der Waals surface area contributed by atoms with Crippen molar-refractivity contribution in [3.63, 3.8) is 0 Å². The van der Waals surface area contributed by atoms with Crippen molar-refractivity contribution in [1.82, 2.24) is 9.80 Å². The van der Waals surface area contributed by atoms with Crippen LogP contribution < -0.4 is 18.9 Å². The number of ether oxygens (including phenoxy) is 4. The standard InChI is InChI=1S/C35H40N4O6/c1-5-22-12-24-18-36-28-16-32(30(42-3)14-26(28)34(40)38(24)20-22)44-10-8-7-9-11-45-33-17-29-27(15-31(33)43-4)35(41)39-21-23(6-2)13-25(39)19-37-29/h5-6,14-19,24-25H,7-13,20-21H2,1-4H3/b22-5+,23-6+/t24-,25-/m0/s1. The van der Waals surface area contributed by atoms with Gasteiger partial charge in [0.15, 0.2) is 23.0 Å². The number of hydrogen-bond acceptors (Lipinski definition) is 8. The van der Waals surface area contributed by atoms with Crippen LogP contribution in [0, 0.1) is 0 Å². The van der Waals surface area contributed by atoms with E-state index in [-0.39, 0.29) is 23.9 Å². The number of benzene rings is 2. The van der Waals surface area contributed by atoms with Crippen molar-refractivity contribution in [3.05, 3.63) is 58.7 Å². The Labute approximate surface area is 264 Å². The molecule has 2 aromatic carbocycles. The number of nitrogens with zero attached hydrogens (tertiary/aromatic N) is 4. The highest BCUT2D eigenvalue weighted by molar-refractivity contribution is 6.04. The molecule has 0 spiro atoms. The maximum absolute atomic E-state index is 13.3. The van der Waals surface area contributed by atoms with Crippen LogP contribution in [0.4, 0.5) is 11.4 Å². The number of fused-ring (bicyclic) bond motifs is 4. The second-order valence-corrected chi connectivity index (χ2v) is 11.7. The molecule has 0 radical (unpaired) electrons. The lowest BCUT2D eigenvalue weighted by Gasteiger charge is -2.20. The zero-order chi connectivity index (χ0) is 31.5. The van der Waals surface area contributed by atoms with Crippen LogP contribution in [0.15, 0.2) is 57.5 Å². The Bertz CT molecular complexity index is 1490. The number of amides is 2. The number of aliphatic imine (C=N–C) groups is 2. The van der Waals surface area contributed by atoms with Crippen LogP contribution in [0.2, 0.25) is 0 Å². The Kier molecular flexibility index (Phi) is 8.91. The van der Waals surface area contributed by atoms with Gasteiger partial charge in [-0.1, -0.05) is 23.3 Å². The summed E-state index contributed by atoms with van der Waals surface area (Å²) >= 11 is 0. The summed E-state index contributed by atoms with van der Waals surface area (Å²) in [4.78, 5) is 39.6. The Morgan fingerprint density at radius 3 is 1.53 bits per heavy atom. The number of rotatable bonds is 10. The highest BCUT2D eigenvalue weighted by atomic mass is 16.5. The minimum absolute atomic E-state index is 0.0286. The second kappa shape index (κ2) is 13.2. The van der Waals surface area contributed by atoms with Gasteiger partial charge in [0.1, 0.15) is 0 Å². The predicted octanol–water partition coefficient (Wildman–Crippen LogP) is 6.09. The van der Waals surface area contributed by atoms with Crippen molar-refractivity contribution in [2.45, 2.75) is 58.0 Å². The maximum atomic E-state index is 13.3. The Morgan fingerprint density at radius 2 is 1.13 bits per heavy atom. The molecule has 0 N–H and O–H groups in total. The van der Waals surface area contributed by atoms with Crippen LogP contribution in [-0.2, 0) is 0 Å². The fraction of sp³-hybridized carbons (Fsp3) is 0.429. The molecule has 236 valence electrons. The quantitative estimate of drug-likeness (QED) is 0.238. The summed E-state index contributed by atoms with van der Waals surface area (Å²) < 4.78 is 23.3. The Balaban J connectivity index is 1.02. The van der Waals surface area contributed by atoms with Gasteiger partial charge in [0.25, 0.3) is 11.8 Å². The molecule has 0 aliphatic carbocycles. The Hall–Kier alpha value is -4.60. The van der Waals surface area contributed by atoms with E-state index in [4.69, 9.17) is 18.9 Å². The first-order valence-corrected chi connectivity index (χ1v) is 15.6. The van der Waals surface area contributed by atoms with Gasteiger partial charge in [0, 0.05) is 37.7 Å². The molecule has 10 heteroatoms. The number of carbonyl (C=O) groups is 2. The molecule has 0 bridgehead atoms. The highest BCUT2D eigenvalue weighted by Gasteiger charge is 2.36. The van der Waals surface area contributed by atoms with E-state index in [1.165, 1.54) is 11.1 Å². The summed E-state index contributed by atoms with van der Waals surface area (Å²) in [7, 11) is 3.15. The van der Waals surface area contributed by atoms with Gasteiger partial charge in [-0.25, -0.2) is 0 Å². The average molecular weight is 613 g/mol. The SMILES string of the molecule is C/C=C1\C[C@H]2C=Nc3cc(OCCCCCOc4cc5c(cc4OC)C(=O)N4C/C(=C/C)C[C@H]4C=N5)c(OC)cc3C(=O)N2C1. The van der Waals surface area contributed by atoms with E-state index < -0.39 is 0 Å². The summed E-state index contributed by atoms with van der Waals surface area (Å²) in [5, 5.41) is 0. The van der Waals surface area contributed by atoms with Gasteiger partial charge in [-0.2, -0.15) is 0 Å². The van der Waals surface area contributed by atoms with E-state index in [0.29, 0.717) is 71.8 Å². The van der Waals surface area contributed by atoms with Gasteiger partial charge in [0.2, 0.25) is 0 Å². The minimum atomic E-state index is -0.0398. The van der Waals surface area contributed by atoms with Gasteiger partial charge in [-0.05, 0) is 58.1 Å². The molecule has 2 atom stereocenters. The summed E-state index contributed by atoms with van der Waals surface area (Å²) in [6.07, 6.45) is 12.0. The summed E-state index contributed by atoms with van der Waals surface area (Å²) in [6, 6.07) is 7.02. The van der Waals surface area contributed by atoms with Crippen LogP contribution >= 0.6 is 0 Å². The van der Waals surface area contributed by atoms with Crippen molar-refractivity contribution in [2.75, 3.05) is 40.5 Å². The monoisotopic (exact) mass is 612 g/mol. The summed E-state index contributed by atoms with van der Waals surface area (Å²) in [6.45, 7) is 6.23. The van der Waals surface area contributed by atoms with Gasteiger partial charge >= 0.3 is 0 Å². The summed E-state index contributed by atoms with van der Waals surface area (Å²) in [5.41, 5.74) is 4.74. The molecule has 45 heavy (non-hydrogen) atoms. The van der Waals surface area contributed by atoms with Crippen molar-refractivity contribution in [1.29, 1.82) is 0 Å². The molecular weight excluding hydrogens is 572 g/mol. The number of methoxy groups -OCH3 is 2. The third-order valence-corrected chi connectivity index (χ3v) is 8.93. The first-order valence-electron chi connectivity index (χ1n) is 15.6. The van der Waals surface area contributed by atoms with E-state index in [9.17, 15) is 9.59 Å². The number of carbonyl (C=O) groups excluding carboxylic acids is 2. The maximum Gasteiger partial charge on any atom is 0.257 e. The second-order valence-electron chi connectivity index (χ2n) is 11.7. The number of unbranched alkanes of at least 4 members (excludes halogenated alkanes) is 2. The van der Waals surface area contributed by atoms with Crippen molar-refractivity contribution >= 4 is 35.6 Å². The van der Waals surface area contributed by atoms with Gasteiger partial charge < -0.3 is 28.7 Å². The molecule has 4 heterocycles. The Morgan fingerprint density at radius 1 is 0.689 bits per heavy atom. The molecule has 0 unspecified atom stereocenters. The molecule has 2 amide bonds. The van der Waals surface area contributed by atoms with Crippen LogP contribution in [0.5, 0.6) is 23.0 Å². The van der Waals surface area contributed by atoms with E-state index in [1.807, 2.05) is 36.1 Å². The fourth-order valence-corrected chi connectivity index (χ4v) is 6.27. The van der Waals surface area contributed by atoms with Gasteiger partial charge in [-0.15, -0.1) is 0 Å². The van der Waals surface area contributed by atoms with Gasteiger partial charge in [0.05, 0.1) is 62.0 Å². The normalized spacial score (nSPS) is 21.8. The summed E-state index contributed by atoms with van der Waals surface area (Å²) in [5.74, 6) is 2.10. The largest absolute Gasteiger partial charge is 0.493 e. The molecule has 4 aliphatic heterocycles. The third-order valence-electron chi connectivity index (χ3n) is 8.93. The molecule has 2 fully saturated rings. The van der Waals surface area contributed by atoms with Crippen molar-refractivity contribution in [3.8, 4) is 23.0 Å². The van der Waals surface area contributed by atoms with Crippen molar-refractivity contribution < 1.29 is 28.5 Å². The smallest absolute Gasteiger partial charge is 0.257 e. The molecular formula is C35H40N4O6. The van der Waals surface area contributed by atoms with E-state index in [0.717, 1.165) is 32.1 Å². The van der Waals surface area contributed by atoms with E-state index in [2.05, 4.69) is 22.1 Å². The van der Waals surface area contributed by atoms with Crippen LogP contribution in [-0.4, -0.2) is 86.6 Å². The zero-order valence-electron chi connectivity index (χ0n) is 26.4. The fourth-order valence-electron chi connectivity index (χ4n) is 6.27. The van der Waals surface area contributed by atoms with Crippen molar-refractivity contribution in [2.24, 2.45) is 9.98 Å². The highest BCUT2D eigenvalue weighted by Crippen LogP contribution is 2.40. The van der Waals surface area contributed by atoms with Gasteiger partial charge in [-0.3, -0.25) is 19.6 Å².